The lowest BCUT2D eigenvalue weighted by Gasteiger charge is -2.12. The van der Waals surface area contributed by atoms with E-state index in [1.54, 1.807) is 66.7 Å². The van der Waals surface area contributed by atoms with Gasteiger partial charge in [0.15, 0.2) is 0 Å². The maximum absolute atomic E-state index is 12.5. The van der Waals surface area contributed by atoms with Crippen LogP contribution < -0.4 is 9.47 Å². The first-order chi connectivity index (χ1) is 13.7. The molecule has 28 heavy (non-hydrogen) atoms. The van der Waals surface area contributed by atoms with E-state index in [1.165, 1.54) is 6.20 Å². The highest BCUT2D eigenvalue weighted by atomic mass is 16.5. The molecule has 0 fully saturated rings. The van der Waals surface area contributed by atoms with Gasteiger partial charge < -0.3 is 9.47 Å². The Morgan fingerprint density at radius 2 is 1.29 bits per heavy atom. The van der Waals surface area contributed by atoms with Crippen LogP contribution in [0.2, 0.25) is 0 Å². The number of carbonyl (C=O) groups excluding carboxylic acids is 2. The van der Waals surface area contributed by atoms with E-state index < -0.39 is 11.9 Å². The van der Waals surface area contributed by atoms with Gasteiger partial charge in [0.2, 0.25) is 0 Å². The van der Waals surface area contributed by atoms with E-state index in [1.807, 2.05) is 18.2 Å². The van der Waals surface area contributed by atoms with Crippen molar-refractivity contribution in [1.82, 2.24) is 4.98 Å². The van der Waals surface area contributed by atoms with Crippen molar-refractivity contribution in [2.75, 3.05) is 0 Å². The molecule has 0 radical (unpaired) electrons. The standard InChI is InChI=1S/C23H15NO4/c25-22(17-8-2-1-3-9-17)27-19-13-6-10-16-11-7-14-20(21(16)19)28-23(26)18-12-4-5-15-24-18/h1-15H. The van der Waals surface area contributed by atoms with E-state index in [0.29, 0.717) is 22.4 Å². The largest absolute Gasteiger partial charge is 0.422 e. The Labute approximate surface area is 161 Å². The van der Waals surface area contributed by atoms with E-state index >= 15 is 0 Å². The number of aromatic nitrogens is 1. The van der Waals surface area contributed by atoms with Crippen LogP contribution in [0.25, 0.3) is 10.8 Å². The molecule has 1 aromatic heterocycles. The number of esters is 2. The summed E-state index contributed by atoms with van der Waals surface area (Å²) in [6.45, 7) is 0. The van der Waals surface area contributed by atoms with Gasteiger partial charge in [-0.3, -0.25) is 0 Å². The van der Waals surface area contributed by atoms with Crippen LogP contribution in [0.3, 0.4) is 0 Å². The predicted molar refractivity (Wildman–Crippen MR) is 105 cm³/mol. The number of ether oxygens (including phenoxy) is 2. The molecule has 0 spiro atoms. The summed E-state index contributed by atoms with van der Waals surface area (Å²) in [5, 5.41) is 1.32. The Hall–Kier alpha value is -3.99. The van der Waals surface area contributed by atoms with Gasteiger partial charge in [0, 0.05) is 6.20 Å². The minimum Gasteiger partial charge on any atom is -0.422 e. The molecule has 0 saturated carbocycles. The molecule has 0 saturated heterocycles. The molecule has 0 aliphatic rings. The fraction of sp³-hybridized carbons (Fsp3) is 0. The summed E-state index contributed by atoms with van der Waals surface area (Å²) in [7, 11) is 0. The second kappa shape index (κ2) is 7.72. The zero-order chi connectivity index (χ0) is 19.3. The fourth-order valence-electron chi connectivity index (χ4n) is 2.81. The maximum atomic E-state index is 12.5. The number of rotatable bonds is 4. The Kier molecular flexibility index (Phi) is 4.80. The van der Waals surface area contributed by atoms with E-state index in [2.05, 4.69) is 4.98 Å². The van der Waals surface area contributed by atoms with Crippen LogP contribution in [0.5, 0.6) is 11.5 Å². The molecule has 0 aliphatic heterocycles. The highest BCUT2D eigenvalue weighted by Gasteiger charge is 2.16. The molecule has 4 rings (SSSR count). The van der Waals surface area contributed by atoms with Crippen molar-refractivity contribution in [3.8, 4) is 11.5 Å². The zero-order valence-electron chi connectivity index (χ0n) is 14.7. The average molecular weight is 369 g/mol. The van der Waals surface area contributed by atoms with Gasteiger partial charge in [0.05, 0.1) is 10.9 Å². The number of pyridine rings is 1. The third kappa shape index (κ3) is 3.59. The quantitative estimate of drug-likeness (QED) is 0.386. The molecule has 4 aromatic rings. The highest BCUT2D eigenvalue weighted by molar-refractivity contribution is 6.00. The van der Waals surface area contributed by atoms with E-state index in [0.717, 1.165) is 5.39 Å². The third-order valence-corrected chi connectivity index (χ3v) is 4.12. The van der Waals surface area contributed by atoms with E-state index in [-0.39, 0.29) is 5.69 Å². The maximum Gasteiger partial charge on any atom is 0.362 e. The fourth-order valence-corrected chi connectivity index (χ4v) is 2.81. The number of hydrogen-bond acceptors (Lipinski definition) is 5. The number of hydrogen-bond donors (Lipinski definition) is 0. The Balaban J connectivity index is 1.70. The number of fused-ring (bicyclic) bond motifs is 1. The molecule has 0 N–H and O–H groups in total. The Bertz CT molecular complexity index is 1050. The van der Waals surface area contributed by atoms with Crippen LogP contribution in [0.15, 0.2) is 91.1 Å². The number of benzene rings is 3. The summed E-state index contributed by atoms with van der Waals surface area (Å²) < 4.78 is 11.1. The SMILES string of the molecule is O=C(Oc1cccc2cccc(OC(=O)c3ccccn3)c12)c1ccccc1. The molecule has 0 unspecified atom stereocenters. The lowest BCUT2D eigenvalue weighted by molar-refractivity contribution is 0.0730. The van der Waals surface area contributed by atoms with Gasteiger partial charge in [-0.2, -0.15) is 0 Å². The van der Waals surface area contributed by atoms with Gasteiger partial charge in [0.25, 0.3) is 0 Å². The number of nitrogens with zero attached hydrogens (tertiary/aromatic N) is 1. The first-order valence-electron chi connectivity index (χ1n) is 8.64. The van der Waals surface area contributed by atoms with Crippen LogP contribution in [-0.4, -0.2) is 16.9 Å². The van der Waals surface area contributed by atoms with Crippen molar-refractivity contribution in [3.63, 3.8) is 0 Å². The predicted octanol–water partition coefficient (Wildman–Crippen LogP) is 4.67. The van der Waals surface area contributed by atoms with Gasteiger partial charge in [0.1, 0.15) is 17.2 Å². The van der Waals surface area contributed by atoms with Crippen molar-refractivity contribution < 1.29 is 19.1 Å². The molecule has 0 atom stereocenters. The Morgan fingerprint density at radius 1 is 0.643 bits per heavy atom. The molecule has 3 aromatic carbocycles. The molecule has 5 nitrogen and oxygen atoms in total. The minimum atomic E-state index is -0.586. The summed E-state index contributed by atoms with van der Waals surface area (Å²) in [6.07, 6.45) is 1.52. The second-order valence-electron chi connectivity index (χ2n) is 5.97. The smallest absolute Gasteiger partial charge is 0.362 e. The van der Waals surface area contributed by atoms with Crippen LogP contribution >= 0.6 is 0 Å². The molecule has 0 aliphatic carbocycles. The lowest BCUT2D eigenvalue weighted by atomic mass is 10.1. The van der Waals surface area contributed by atoms with Crippen LogP contribution in [0.1, 0.15) is 20.8 Å². The molecule has 5 heteroatoms. The summed E-state index contributed by atoms with van der Waals surface area (Å²) >= 11 is 0. The average Bonchev–Trinajstić information content (AvgIpc) is 2.75. The summed E-state index contributed by atoms with van der Waals surface area (Å²) in [5.74, 6) is -0.461. The van der Waals surface area contributed by atoms with Crippen molar-refractivity contribution in [2.45, 2.75) is 0 Å². The second-order valence-corrected chi connectivity index (χ2v) is 5.97. The van der Waals surface area contributed by atoms with Gasteiger partial charge in [-0.1, -0.05) is 48.5 Å². The van der Waals surface area contributed by atoms with Gasteiger partial charge >= 0.3 is 11.9 Å². The normalized spacial score (nSPS) is 10.4. The number of carbonyl (C=O) groups is 2. The van der Waals surface area contributed by atoms with Gasteiger partial charge in [-0.15, -0.1) is 0 Å². The molecular weight excluding hydrogens is 354 g/mol. The van der Waals surface area contributed by atoms with Gasteiger partial charge in [-0.25, -0.2) is 14.6 Å². The van der Waals surface area contributed by atoms with Gasteiger partial charge in [-0.05, 0) is 41.8 Å². The third-order valence-electron chi connectivity index (χ3n) is 4.12. The topological polar surface area (TPSA) is 65.5 Å². The Morgan fingerprint density at radius 3 is 1.93 bits per heavy atom. The summed E-state index contributed by atoms with van der Waals surface area (Å²) in [5.41, 5.74) is 0.626. The van der Waals surface area contributed by atoms with Crippen molar-refractivity contribution >= 4 is 22.7 Å². The molecule has 0 amide bonds. The van der Waals surface area contributed by atoms with Crippen molar-refractivity contribution in [2.24, 2.45) is 0 Å². The molecule has 0 bridgehead atoms. The monoisotopic (exact) mass is 369 g/mol. The minimum absolute atomic E-state index is 0.193. The first-order valence-corrected chi connectivity index (χ1v) is 8.64. The summed E-state index contributed by atoms with van der Waals surface area (Å²) in [4.78, 5) is 28.9. The van der Waals surface area contributed by atoms with E-state index in [9.17, 15) is 9.59 Å². The molecular formula is C23H15NO4. The first kappa shape index (κ1) is 17.4. The van der Waals surface area contributed by atoms with Crippen molar-refractivity contribution in [1.29, 1.82) is 0 Å². The summed E-state index contributed by atoms with van der Waals surface area (Å²) in [6, 6.07) is 24.3. The molecule has 136 valence electrons. The van der Waals surface area contributed by atoms with Crippen LogP contribution in [0, 0.1) is 0 Å². The van der Waals surface area contributed by atoms with E-state index in [4.69, 9.17) is 9.47 Å². The lowest BCUT2D eigenvalue weighted by Crippen LogP contribution is -2.11. The zero-order valence-corrected chi connectivity index (χ0v) is 14.7. The highest BCUT2D eigenvalue weighted by Crippen LogP contribution is 2.34. The van der Waals surface area contributed by atoms with Crippen LogP contribution in [0.4, 0.5) is 0 Å². The van der Waals surface area contributed by atoms with Crippen molar-refractivity contribution in [3.05, 3.63) is 102 Å². The molecule has 1 heterocycles. The van der Waals surface area contributed by atoms with Crippen LogP contribution in [-0.2, 0) is 0 Å².